The number of rotatable bonds is 3. The molecule has 2 aromatic carbocycles. The van der Waals surface area contributed by atoms with E-state index in [9.17, 15) is 14.2 Å². The molecular weight excluding hydrogens is 335 g/mol. The predicted molar refractivity (Wildman–Crippen MR) is 85.4 cm³/mol. The first-order valence-electron chi connectivity index (χ1n) is 6.76. The van der Waals surface area contributed by atoms with Gasteiger partial charge in [-0.25, -0.2) is 14.2 Å². The molecule has 122 valence electrons. The van der Waals surface area contributed by atoms with Gasteiger partial charge in [-0.3, -0.25) is 9.79 Å². The van der Waals surface area contributed by atoms with Gasteiger partial charge in [0, 0.05) is 5.39 Å². The second-order valence-corrected chi connectivity index (χ2v) is 6.10. The van der Waals surface area contributed by atoms with Gasteiger partial charge in [-0.2, -0.15) is 0 Å². The van der Waals surface area contributed by atoms with Crippen molar-refractivity contribution in [1.29, 1.82) is 0 Å². The first kappa shape index (κ1) is 16.1. The molecule has 0 atom stereocenters. The fraction of sp³-hybridized carbons (Fsp3) is 0. The Kier molecular flexibility index (Phi) is 4.07. The summed E-state index contributed by atoms with van der Waals surface area (Å²) in [5.74, 6) is -1.21. The summed E-state index contributed by atoms with van der Waals surface area (Å²) in [5, 5.41) is 0.557. The van der Waals surface area contributed by atoms with Crippen LogP contribution in [0.2, 0.25) is 0 Å². The van der Waals surface area contributed by atoms with Crippen LogP contribution in [0.4, 0.5) is 0 Å². The standard InChI is InChI=1S/C16H11O7P/c17-15(23-24(19,20)21)12-7-6-11-8-13(10-4-2-1-3-5-10)16(18)22-14(11)9-12/h1-9H,(H2,19,20,21). The minimum Gasteiger partial charge on any atom is -0.422 e. The minimum atomic E-state index is -4.95. The molecule has 0 saturated heterocycles. The molecule has 1 heterocycles. The lowest BCUT2D eigenvalue weighted by molar-refractivity contribution is 0.0678. The normalized spacial score (nSPS) is 11.4. The topological polar surface area (TPSA) is 114 Å². The smallest absolute Gasteiger partial charge is 0.422 e. The molecule has 0 bridgehead atoms. The maximum Gasteiger partial charge on any atom is 0.527 e. The molecule has 2 N–H and O–H groups in total. The molecule has 0 radical (unpaired) electrons. The van der Waals surface area contributed by atoms with Crippen LogP contribution in [0.25, 0.3) is 22.1 Å². The fourth-order valence-electron chi connectivity index (χ4n) is 2.22. The summed E-state index contributed by atoms with van der Waals surface area (Å²) in [5.41, 5.74) is 0.447. The first-order valence-corrected chi connectivity index (χ1v) is 8.29. The zero-order chi connectivity index (χ0) is 17.3. The Labute approximate surface area is 135 Å². The summed E-state index contributed by atoms with van der Waals surface area (Å²) < 4.78 is 19.9. The molecule has 7 nitrogen and oxygen atoms in total. The predicted octanol–water partition coefficient (Wildman–Crippen LogP) is 2.71. The SMILES string of the molecule is O=C(OP(=O)(O)O)c1ccc2cc(-c3ccccc3)c(=O)oc2c1. The second-order valence-electron chi connectivity index (χ2n) is 4.94. The number of fused-ring (bicyclic) bond motifs is 1. The molecule has 0 saturated carbocycles. The Bertz CT molecular complexity index is 1020. The van der Waals surface area contributed by atoms with Crippen LogP contribution < -0.4 is 5.63 Å². The highest BCUT2D eigenvalue weighted by Gasteiger charge is 2.22. The molecule has 0 fully saturated rings. The molecule has 0 aliphatic rings. The summed E-state index contributed by atoms with van der Waals surface area (Å²) in [7, 11) is -4.95. The molecule has 3 rings (SSSR count). The van der Waals surface area contributed by atoms with Crippen LogP contribution in [0, 0.1) is 0 Å². The molecule has 0 spiro atoms. The second kappa shape index (κ2) is 6.05. The lowest BCUT2D eigenvalue weighted by Gasteiger charge is -2.06. The quantitative estimate of drug-likeness (QED) is 0.553. The molecule has 0 aliphatic heterocycles. The number of benzene rings is 2. The van der Waals surface area contributed by atoms with Gasteiger partial charge >= 0.3 is 19.4 Å². The van der Waals surface area contributed by atoms with E-state index < -0.39 is 19.4 Å². The molecular formula is C16H11O7P. The zero-order valence-corrected chi connectivity index (χ0v) is 13.0. The fourth-order valence-corrected chi connectivity index (χ4v) is 2.54. The summed E-state index contributed by atoms with van der Waals surface area (Å²) in [6, 6.07) is 14.6. The molecule has 0 amide bonds. The Morgan fingerprint density at radius 2 is 1.75 bits per heavy atom. The number of hydrogen-bond acceptors (Lipinski definition) is 5. The summed E-state index contributed by atoms with van der Waals surface area (Å²) in [6.07, 6.45) is 0. The van der Waals surface area contributed by atoms with Gasteiger partial charge in [0.15, 0.2) is 0 Å². The molecule has 24 heavy (non-hydrogen) atoms. The average Bonchev–Trinajstić information content (AvgIpc) is 2.53. The number of carbonyl (C=O) groups excluding carboxylic acids is 1. The highest BCUT2D eigenvalue weighted by atomic mass is 31.2. The van der Waals surface area contributed by atoms with Crippen LogP contribution in [-0.2, 0) is 9.09 Å². The van der Waals surface area contributed by atoms with E-state index >= 15 is 0 Å². The highest BCUT2D eigenvalue weighted by molar-refractivity contribution is 7.46. The maximum absolute atomic E-state index is 12.1. The first-order chi connectivity index (χ1) is 11.3. The van der Waals surface area contributed by atoms with Crippen molar-refractivity contribution in [2.24, 2.45) is 0 Å². The van der Waals surface area contributed by atoms with Crippen molar-refractivity contribution < 1.29 is 28.1 Å². The highest BCUT2D eigenvalue weighted by Crippen LogP contribution is 2.37. The van der Waals surface area contributed by atoms with Gasteiger partial charge in [0.25, 0.3) is 0 Å². The van der Waals surface area contributed by atoms with Crippen LogP contribution >= 0.6 is 7.82 Å². The number of phosphoric acid groups is 1. The monoisotopic (exact) mass is 346 g/mol. The van der Waals surface area contributed by atoms with Crippen molar-refractivity contribution >= 4 is 24.8 Å². The third kappa shape index (κ3) is 3.44. The van der Waals surface area contributed by atoms with Crippen LogP contribution in [0.1, 0.15) is 10.4 Å². The van der Waals surface area contributed by atoms with Gasteiger partial charge in [-0.05, 0) is 23.8 Å². The van der Waals surface area contributed by atoms with Crippen LogP contribution in [0.15, 0.2) is 63.8 Å². The number of carbonyl (C=O) groups is 1. The van der Waals surface area contributed by atoms with Gasteiger partial charge in [-0.1, -0.05) is 36.4 Å². The van der Waals surface area contributed by atoms with E-state index in [1.807, 2.05) is 6.07 Å². The van der Waals surface area contributed by atoms with Gasteiger partial charge in [0.2, 0.25) is 0 Å². The molecule has 3 aromatic rings. The zero-order valence-electron chi connectivity index (χ0n) is 12.1. The Balaban J connectivity index is 2.05. The summed E-state index contributed by atoms with van der Waals surface area (Å²) in [6.45, 7) is 0. The van der Waals surface area contributed by atoms with Crippen molar-refractivity contribution in [1.82, 2.24) is 0 Å². The Morgan fingerprint density at radius 1 is 1.04 bits per heavy atom. The van der Waals surface area contributed by atoms with Crippen molar-refractivity contribution in [2.75, 3.05) is 0 Å². The summed E-state index contributed by atoms with van der Waals surface area (Å²) in [4.78, 5) is 41.1. The number of phosphoric ester groups is 1. The lowest BCUT2D eigenvalue weighted by atomic mass is 10.1. The maximum atomic E-state index is 12.1. The average molecular weight is 346 g/mol. The third-order valence-electron chi connectivity index (χ3n) is 3.26. The molecule has 1 aromatic heterocycles. The van der Waals surface area contributed by atoms with Gasteiger partial charge < -0.3 is 8.94 Å². The van der Waals surface area contributed by atoms with Crippen LogP contribution in [0.5, 0.6) is 0 Å². The lowest BCUT2D eigenvalue weighted by Crippen LogP contribution is -2.05. The molecule has 8 heteroatoms. The van der Waals surface area contributed by atoms with E-state index in [1.165, 1.54) is 18.2 Å². The van der Waals surface area contributed by atoms with Crippen LogP contribution in [-0.4, -0.2) is 15.8 Å². The van der Waals surface area contributed by atoms with E-state index in [-0.39, 0.29) is 11.1 Å². The minimum absolute atomic E-state index is 0.111. The molecule has 0 aliphatic carbocycles. The van der Waals surface area contributed by atoms with Gasteiger partial charge in [0.05, 0.1) is 11.1 Å². The van der Waals surface area contributed by atoms with E-state index in [1.54, 1.807) is 30.3 Å². The van der Waals surface area contributed by atoms with Crippen molar-refractivity contribution in [2.45, 2.75) is 0 Å². The van der Waals surface area contributed by atoms with E-state index in [4.69, 9.17) is 14.2 Å². The summed E-state index contributed by atoms with van der Waals surface area (Å²) >= 11 is 0. The van der Waals surface area contributed by atoms with E-state index in [2.05, 4.69) is 4.52 Å². The Hall–Kier alpha value is -2.73. The molecule has 0 unspecified atom stereocenters. The van der Waals surface area contributed by atoms with Gasteiger partial charge in [-0.15, -0.1) is 0 Å². The van der Waals surface area contributed by atoms with Crippen molar-refractivity contribution in [3.8, 4) is 11.1 Å². The van der Waals surface area contributed by atoms with E-state index in [0.717, 1.165) is 0 Å². The van der Waals surface area contributed by atoms with Gasteiger partial charge in [0.1, 0.15) is 5.58 Å². The third-order valence-corrected chi connectivity index (χ3v) is 3.66. The Morgan fingerprint density at radius 3 is 2.42 bits per heavy atom. The van der Waals surface area contributed by atoms with E-state index in [0.29, 0.717) is 16.5 Å². The largest absolute Gasteiger partial charge is 0.527 e. The van der Waals surface area contributed by atoms with Crippen molar-refractivity contribution in [3.05, 3.63) is 70.6 Å². The van der Waals surface area contributed by atoms with Crippen LogP contribution in [0.3, 0.4) is 0 Å². The van der Waals surface area contributed by atoms with Crippen molar-refractivity contribution in [3.63, 3.8) is 0 Å². The number of hydrogen-bond donors (Lipinski definition) is 2.